The van der Waals surface area contributed by atoms with E-state index in [0.717, 1.165) is 0 Å². The van der Waals surface area contributed by atoms with Crippen molar-refractivity contribution in [1.29, 1.82) is 0 Å². The molecule has 0 bridgehead atoms. The second kappa shape index (κ2) is 9.88. The first kappa shape index (κ1) is 21.4. The Morgan fingerprint density at radius 2 is 1.79 bits per heavy atom. The molecule has 9 nitrogen and oxygen atoms in total. The molecule has 0 aliphatic rings. The van der Waals surface area contributed by atoms with Crippen LogP contribution < -0.4 is 14.8 Å². The Hall–Kier alpha value is -3.88. The molecule has 1 amide bonds. The number of nitro benzene ring substituents is 1. The number of nitrogens with zero attached hydrogens (tertiary/aromatic N) is 1. The minimum Gasteiger partial charge on any atom is -0.496 e. The molecule has 1 N–H and O–H groups in total. The van der Waals surface area contributed by atoms with Crippen molar-refractivity contribution < 1.29 is 28.7 Å². The van der Waals surface area contributed by atoms with Crippen molar-refractivity contribution in [3.8, 4) is 11.5 Å². The Morgan fingerprint density at radius 3 is 2.45 bits per heavy atom. The molecule has 0 aromatic heterocycles. The summed E-state index contributed by atoms with van der Waals surface area (Å²) < 4.78 is 15.3. The number of anilines is 1. The van der Waals surface area contributed by atoms with Gasteiger partial charge in [-0.05, 0) is 25.1 Å². The molecule has 1 atom stereocenters. The van der Waals surface area contributed by atoms with Crippen LogP contribution in [0.2, 0.25) is 0 Å². The van der Waals surface area contributed by atoms with E-state index in [0.29, 0.717) is 11.3 Å². The van der Waals surface area contributed by atoms with Gasteiger partial charge in [-0.3, -0.25) is 14.9 Å². The zero-order valence-corrected chi connectivity index (χ0v) is 16.1. The molecule has 0 saturated heterocycles. The van der Waals surface area contributed by atoms with Crippen LogP contribution in [-0.2, 0) is 14.3 Å². The summed E-state index contributed by atoms with van der Waals surface area (Å²) in [6.45, 7) is 1.40. The van der Waals surface area contributed by atoms with Crippen LogP contribution >= 0.6 is 0 Å². The van der Waals surface area contributed by atoms with E-state index in [-0.39, 0.29) is 17.1 Å². The lowest BCUT2D eigenvalue weighted by molar-refractivity contribution is -0.384. The van der Waals surface area contributed by atoms with Crippen molar-refractivity contribution >= 4 is 29.3 Å². The maximum absolute atomic E-state index is 12.3. The number of carbonyl (C=O) groups is 2. The standard InChI is InChI=1S/C20H20N2O7/c1-13(29-19(23)11-8-14-6-4-5-7-17(14)27-2)20(24)21-16-10-9-15(22(25)26)12-18(16)28-3/h4-13H,1-3H3,(H,21,24)/b11-8+/t13-/m1/s1. The van der Waals surface area contributed by atoms with Gasteiger partial charge in [0, 0.05) is 17.7 Å². The van der Waals surface area contributed by atoms with Crippen LogP contribution in [0.3, 0.4) is 0 Å². The first-order chi connectivity index (χ1) is 13.8. The Morgan fingerprint density at radius 1 is 1.10 bits per heavy atom. The normalized spacial score (nSPS) is 11.6. The number of esters is 1. The largest absolute Gasteiger partial charge is 0.496 e. The van der Waals surface area contributed by atoms with Gasteiger partial charge in [-0.2, -0.15) is 0 Å². The third-order valence-electron chi connectivity index (χ3n) is 3.85. The molecule has 0 heterocycles. The van der Waals surface area contributed by atoms with Gasteiger partial charge in [0.1, 0.15) is 11.5 Å². The molecule has 29 heavy (non-hydrogen) atoms. The SMILES string of the molecule is COc1ccccc1/C=C/C(=O)O[C@H](C)C(=O)Nc1ccc([N+](=O)[O-])cc1OC. The van der Waals surface area contributed by atoms with E-state index in [1.54, 1.807) is 24.3 Å². The van der Waals surface area contributed by atoms with Crippen LogP contribution in [-0.4, -0.2) is 37.1 Å². The summed E-state index contributed by atoms with van der Waals surface area (Å²) in [5.74, 6) is -0.625. The fourth-order valence-electron chi connectivity index (χ4n) is 2.36. The Labute approximate surface area is 167 Å². The number of carbonyl (C=O) groups excluding carboxylic acids is 2. The number of ether oxygens (including phenoxy) is 3. The summed E-state index contributed by atoms with van der Waals surface area (Å²) in [5.41, 5.74) is 0.719. The Balaban J connectivity index is 2.01. The smallest absolute Gasteiger partial charge is 0.331 e. The molecule has 0 spiro atoms. The highest BCUT2D eigenvalue weighted by Crippen LogP contribution is 2.29. The monoisotopic (exact) mass is 400 g/mol. The summed E-state index contributed by atoms with van der Waals surface area (Å²) in [6.07, 6.45) is 1.60. The van der Waals surface area contributed by atoms with Gasteiger partial charge in [-0.1, -0.05) is 18.2 Å². The molecule has 0 unspecified atom stereocenters. The average molecular weight is 400 g/mol. The number of hydrogen-bond acceptors (Lipinski definition) is 7. The highest BCUT2D eigenvalue weighted by molar-refractivity contribution is 5.97. The highest BCUT2D eigenvalue weighted by Gasteiger charge is 2.19. The van der Waals surface area contributed by atoms with Crippen LogP contribution in [0.5, 0.6) is 11.5 Å². The van der Waals surface area contributed by atoms with E-state index in [4.69, 9.17) is 14.2 Å². The quantitative estimate of drug-likeness (QED) is 0.313. The molecule has 2 aromatic carbocycles. The van der Waals surface area contributed by atoms with Crippen LogP contribution in [0.15, 0.2) is 48.5 Å². The molecule has 152 valence electrons. The summed E-state index contributed by atoms with van der Waals surface area (Å²) in [5, 5.41) is 13.3. The van der Waals surface area contributed by atoms with E-state index < -0.39 is 22.9 Å². The lowest BCUT2D eigenvalue weighted by atomic mass is 10.2. The van der Waals surface area contributed by atoms with E-state index in [1.807, 2.05) is 0 Å². The number of benzene rings is 2. The maximum atomic E-state index is 12.3. The predicted molar refractivity (Wildman–Crippen MR) is 106 cm³/mol. The van der Waals surface area contributed by atoms with E-state index in [2.05, 4.69) is 5.32 Å². The summed E-state index contributed by atoms with van der Waals surface area (Å²) >= 11 is 0. The number of hydrogen-bond donors (Lipinski definition) is 1. The first-order valence-electron chi connectivity index (χ1n) is 8.50. The number of amides is 1. The predicted octanol–water partition coefficient (Wildman–Crippen LogP) is 3.20. The number of nitro groups is 1. The van der Waals surface area contributed by atoms with Gasteiger partial charge in [0.2, 0.25) is 0 Å². The fraction of sp³-hybridized carbons (Fsp3) is 0.200. The summed E-state index contributed by atoms with van der Waals surface area (Å²) in [6, 6.07) is 10.9. The Kier molecular flexibility index (Phi) is 7.30. The molecular weight excluding hydrogens is 380 g/mol. The van der Waals surface area contributed by atoms with Gasteiger partial charge in [0.15, 0.2) is 6.10 Å². The second-order valence-corrected chi connectivity index (χ2v) is 5.79. The van der Waals surface area contributed by atoms with Crippen molar-refractivity contribution in [3.05, 3.63) is 64.2 Å². The zero-order chi connectivity index (χ0) is 21.4. The molecule has 0 aliphatic carbocycles. The number of non-ortho nitro benzene ring substituents is 1. The molecule has 0 fully saturated rings. The average Bonchev–Trinajstić information content (AvgIpc) is 2.72. The lowest BCUT2D eigenvalue weighted by Crippen LogP contribution is -2.29. The van der Waals surface area contributed by atoms with Crippen LogP contribution in [0.1, 0.15) is 12.5 Å². The van der Waals surface area contributed by atoms with Crippen molar-refractivity contribution in [2.75, 3.05) is 19.5 Å². The second-order valence-electron chi connectivity index (χ2n) is 5.79. The van der Waals surface area contributed by atoms with E-state index in [1.165, 1.54) is 51.5 Å². The lowest BCUT2D eigenvalue weighted by Gasteiger charge is -2.14. The van der Waals surface area contributed by atoms with Gasteiger partial charge < -0.3 is 19.5 Å². The van der Waals surface area contributed by atoms with Crippen molar-refractivity contribution in [3.63, 3.8) is 0 Å². The maximum Gasteiger partial charge on any atom is 0.331 e. The number of methoxy groups -OCH3 is 2. The van der Waals surface area contributed by atoms with Gasteiger partial charge in [0.25, 0.3) is 11.6 Å². The number of rotatable bonds is 8. The van der Waals surface area contributed by atoms with Gasteiger partial charge in [0.05, 0.1) is 30.9 Å². The molecule has 0 radical (unpaired) electrons. The number of para-hydroxylation sites is 1. The minimum atomic E-state index is -1.11. The molecule has 2 rings (SSSR count). The summed E-state index contributed by atoms with van der Waals surface area (Å²) in [4.78, 5) is 34.5. The molecule has 0 saturated carbocycles. The topological polar surface area (TPSA) is 117 Å². The number of nitrogens with one attached hydrogen (secondary N) is 1. The van der Waals surface area contributed by atoms with Crippen molar-refractivity contribution in [2.45, 2.75) is 13.0 Å². The molecular formula is C20H20N2O7. The molecule has 9 heteroatoms. The van der Waals surface area contributed by atoms with Crippen molar-refractivity contribution in [2.24, 2.45) is 0 Å². The van der Waals surface area contributed by atoms with Gasteiger partial charge >= 0.3 is 5.97 Å². The van der Waals surface area contributed by atoms with Gasteiger partial charge in [-0.15, -0.1) is 0 Å². The van der Waals surface area contributed by atoms with Crippen LogP contribution in [0.4, 0.5) is 11.4 Å². The third kappa shape index (κ3) is 5.80. The first-order valence-corrected chi connectivity index (χ1v) is 8.50. The Bertz CT molecular complexity index is 940. The van der Waals surface area contributed by atoms with Crippen LogP contribution in [0, 0.1) is 10.1 Å². The minimum absolute atomic E-state index is 0.113. The fourth-order valence-corrected chi connectivity index (χ4v) is 2.36. The van der Waals surface area contributed by atoms with Crippen LogP contribution in [0.25, 0.3) is 6.08 Å². The molecule has 0 aliphatic heterocycles. The van der Waals surface area contributed by atoms with Gasteiger partial charge in [-0.25, -0.2) is 4.79 Å². The molecule has 2 aromatic rings. The summed E-state index contributed by atoms with van der Waals surface area (Å²) in [7, 11) is 2.84. The zero-order valence-electron chi connectivity index (χ0n) is 16.1. The van der Waals surface area contributed by atoms with E-state index in [9.17, 15) is 19.7 Å². The highest BCUT2D eigenvalue weighted by atomic mass is 16.6. The van der Waals surface area contributed by atoms with Crippen molar-refractivity contribution in [1.82, 2.24) is 0 Å². The van der Waals surface area contributed by atoms with E-state index >= 15 is 0 Å². The third-order valence-corrected chi connectivity index (χ3v) is 3.85.